The van der Waals surface area contributed by atoms with Crippen molar-refractivity contribution in [1.82, 2.24) is 4.90 Å². The Labute approximate surface area is 136 Å². The summed E-state index contributed by atoms with van der Waals surface area (Å²) in [5.74, 6) is 0.494. The first kappa shape index (κ1) is 16.2. The Morgan fingerprint density at radius 2 is 2.04 bits per heavy atom. The van der Waals surface area contributed by atoms with Gasteiger partial charge in [-0.05, 0) is 19.9 Å². The topological polar surface area (TPSA) is 71.0 Å². The zero-order valence-electron chi connectivity index (χ0n) is 13.7. The van der Waals surface area contributed by atoms with Crippen LogP contribution in [0.1, 0.15) is 31.9 Å². The van der Waals surface area contributed by atoms with Gasteiger partial charge in [-0.25, -0.2) is 0 Å². The lowest BCUT2D eigenvalue weighted by Gasteiger charge is -2.39. The summed E-state index contributed by atoms with van der Waals surface area (Å²) in [4.78, 5) is 14.9. The molecular weight excluding hydrogens is 296 g/mol. The van der Waals surface area contributed by atoms with Gasteiger partial charge in [0, 0.05) is 25.1 Å². The minimum Gasteiger partial charge on any atom is -0.491 e. The summed E-state index contributed by atoms with van der Waals surface area (Å²) >= 11 is 0. The molecule has 1 saturated heterocycles. The fourth-order valence-corrected chi connectivity index (χ4v) is 3.05. The van der Waals surface area contributed by atoms with Crippen molar-refractivity contribution < 1.29 is 19.4 Å². The first-order valence-corrected chi connectivity index (χ1v) is 8.08. The second-order valence-corrected chi connectivity index (χ2v) is 6.49. The summed E-state index contributed by atoms with van der Waals surface area (Å²) in [5.41, 5.74) is 0.714. The number of aliphatic hydroxyl groups is 1. The monoisotopic (exact) mass is 320 g/mol. The average molecular weight is 320 g/mol. The zero-order chi connectivity index (χ0) is 16.4. The number of amides is 1. The third kappa shape index (κ3) is 3.20. The highest BCUT2D eigenvalue weighted by molar-refractivity contribution is 5.98. The van der Waals surface area contributed by atoms with Crippen LogP contribution in [-0.4, -0.2) is 54.4 Å². The first-order chi connectivity index (χ1) is 11.0. The van der Waals surface area contributed by atoms with E-state index >= 15 is 0 Å². The van der Waals surface area contributed by atoms with Gasteiger partial charge in [-0.15, -0.1) is 0 Å². The molecule has 1 fully saturated rings. The van der Waals surface area contributed by atoms with Gasteiger partial charge >= 0.3 is 0 Å². The van der Waals surface area contributed by atoms with Gasteiger partial charge in [-0.1, -0.05) is 12.1 Å². The molecule has 2 aliphatic rings. The molecule has 3 rings (SSSR count). The van der Waals surface area contributed by atoms with Crippen molar-refractivity contribution in [3.05, 3.63) is 23.8 Å². The fourth-order valence-electron chi connectivity index (χ4n) is 3.05. The molecule has 0 spiro atoms. The molecule has 2 N–H and O–H groups in total. The van der Waals surface area contributed by atoms with Crippen molar-refractivity contribution in [2.45, 2.75) is 31.9 Å². The molecule has 1 amide bonds. The van der Waals surface area contributed by atoms with Gasteiger partial charge in [0.05, 0.1) is 37.2 Å². The number of nitrogens with zero attached hydrogens (tertiary/aromatic N) is 1. The minimum atomic E-state index is -0.639. The van der Waals surface area contributed by atoms with E-state index in [2.05, 4.69) is 10.2 Å². The van der Waals surface area contributed by atoms with Gasteiger partial charge in [0.15, 0.2) is 0 Å². The number of para-hydroxylation sites is 1. The number of fused-ring (bicyclic) bond motifs is 1. The maximum atomic E-state index is 12.8. The summed E-state index contributed by atoms with van der Waals surface area (Å²) < 4.78 is 11.0. The third-order valence-corrected chi connectivity index (χ3v) is 4.65. The molecule has 2 heterocycles. The number of hydrogen-bond acceptors (Lipinski definition) is 5. The lowest BCUT2D eigenvalue weighted by molar-refractivity contribution is -0.129. The molecular formula is C17H24N2O4. The number of nitrogens with one attached hydrogen (secondary N) is 1. The molecule has 126 valence electrons. The van der Waals surface area contributed by atoms with Crippen LogP contribution in [0.2, 0.25) is 0 Å². The summed E-state index contributed by atoms with van der Waals surface area (Å²) in [7, 11) is 0. The number of anilines is 1. The molecule has 0 bridgehead atoms. The van der Waals surface area contributed by atoms with E-state index < -0.39 is 11.6 Å². The lowest BCUT2D eigenvalue weighted by Crippen LogP contribution is -2.56. The Hall–Kier alpha value is -1.63. The second kappa shape index (κ2) is 6.47. The largest absolute Gasteiger partial charge is 0.491 e. The van der Waals surface area contributed by atoms with Crippen molar-refractivity contribution in [2.75, 3.05) is 38.2 Å². The highest BCUT2D eigenvalue weighted by Gasteiger charge is 2.36. The Morgan fingerprint density at radius 3 is 2.78 bits per heavy atom. The molecule has 0 radical (unpaired) electrons. The van der Waals surface area contributed by atoms with E-state index in [9.17, 15) is 9.90 Å². The maximum absolute atomic E-state index is 12.8. The molecule has 0 saturated carbocycles. The third-order valence-electron chi connectivity index (χ3n) is 4.65. The number of rotatable bonds is 3. The molecule has 0 aromatic heterocycles. The van der Waals surface area contributed by atoms with Crippen molar-refractivity contribution in [1.29, 1.82) is 0 Å². The van der Waals surface area contributed by atoms with E-state index in [0.29, 0.717) is 37.7 Å². The van der Waals surface area contributed by atoms with Crippen LogP contribution in [0, 0.1) is 0 Å². The average Bonchev–Trinajstić information content (AvgIpc) is 2.56. The highest BCUT2D eigenvalue weighted by Crippen LogP contribution is 2.38. The number of benzene rings is 1. The van der Waals surface area contributed by atoms with E-state index in [1.807, 2.05) is 32.0 Å². The fraction of sp³-hybridized carbons (Fsp3) is 0.588. The zero-order valence-corrected chi connectivity index (χ0v) is 13.7. The van der Waals surface area contributed by atoms with Crippen LogP contribution in [0.3, 0.4) is 0 Å². The Kier molecular flexibility index (Phi) is 4.57. The van der Waals surface area contributed by atoms with Crippen molar-refractivity contribution >= 4 is 11.6 Å². The van der Waals surface area contributed by atoms with Crippen LogP contribution in [0.4, 0.5) is 5.69 Å². The normalized spacial score (nSPS) is 22.1. The quantitative estimate of drug-likeness (QED) is 0.884. The number of carbonyl (C=O) groups is 1. The SMILES string of the molecule is CC(C)(C(=O)Nc1cccc2c1OCCC2O)N1CCOCC1. The van der Waals surface area contributed by atoms with E-state index in [0.717, 1.165) is 18.7 Å². The number of aliphatic hydroxyl groups excluding tert-OH is 1. The number of morpholine rings is 1. The van der Waals surface area contributed by atoms with E-state index in [4.69, 9.17) is 9.47 Å². The summed E-state index contributed by atoms with van der Waals surface area (Å²) in [6, 6.07) is 5.47. The van der Waals surface area contributed by atoms with Crippen LogP contribution >= 0.6 is 0 Å². The van der Waals surface area contributed by atoms with Crippen LogP contribution in [0.5, 0.6) is 5.75 Å². The minimum absolute atomic E-state index is 0.0866. The maximum Gasteiger partial charge on any atom is 0.244 e. The summed E-state index contributed by atoms with van der Waals surface area (Å²) in [5, 5.41) is 13.0. The molecule has 1 atom stereocenters. The molecule has 2 aliphatic heterocycles. The van der Waals surface area contributed by atoms with Gasteiger partial charge < -0.3 is 19.9 Å². The molecule has 6 heteroatoms. The predicted octanol–water partition coefficient (Wildman–Crippen LogP) is 1.55. The first-order valence-electron chi connectivity index (χ1n) is 8.08. The smallest absolute Gasteiger partial charge is 0.244 e. The number of hydrogen-bond donors (Lipinski definition) is 2. The summed E-state index contributed by atoms with van der Waals surface area (Å²) in [6.07, 6.45) is 0.0341. The predicted molar refractivity (Wildman–Crippen MR) is 86.6 cm³/mol. The molecule has 1 unspecified atom stereocenters. The lowest BCUT2D eigenvalue weighted by atomic mass is 9.99. The molecule has 1 aromatic carbocycles. The van der Waals surface area contributed by atoms with Gasteiger partial charge in [-0.2, -0.15) is 0 Å². The Bertz CT molecular complexity index is 582. The molecule has 23 heavy (non-hydrogen) atoms. The Balaban J connectivity index is 1.79. The second-order valence-electron chi connectivity index (χ2n) is 6.49. The van der Waals surface area contributed by atoms with Crippen LogP contribution in [-0.2, 0) is 9.53 Å². The highest BCUT2D eigenvalue weighted by atomic mass is 16.5. The van der Waals surface area contributed by atoms with Crippen LogP contribution < -0.4 is 10.1 Å². The van der Waals surface area contributed by atoms with E-state index in [1.54, 1.807) is 0 Å². The van der Waals surface area contributed by atoms with E-state index in [-0.39, 0.29) is 5.91 Å². The van der Waals surface area contributed by atoms with Crippen LogP contribution in [0.25, 0.3) is 0 Å². The van der Waals surface area contributed by atoms with Gasteiger partial charge in [0.1, 0.15) is 5.75 Å². The van der Waals surface area contributed by atoms with Crippen molar-refractivity contribution in [3.8, 4) is 5.75 Å². The Morgan fingerprint density at radius 1 is 1.30 bits per heavy atom. The van der Waals surface area contributed by atoms with Gasteiger partial charge in [0.2, 0.25) is 5.91 Å². The van der Waals surface area contributed by atoms with Gasteiger partial charge in [0.25, 0.3) is 0 Å². The standard InChI is InChI=1S/C17H24N2O4/c1-17(2,19-7-10-22-11-8-19)16(21)18-13-5-3-4-12-14(20)6-9-23-15(12)13/h3-5,14,20H,6-11H2,1-2H3,(H,18,21). The molecule has 6 nitrogen and oxygen atoms in total. The number of carbonyl (C=O) groups excluding carboxylic acids is 1. The molecule has 0 aliphatic carbocycles. The molecule has 1 aromatic rings. The van der Waals surface area contributed by atoms with Crippen molar-refractivity contribution in [2.24, 2.45) is 0 Å². The van der Waals surface area contributed by atoms with Crippen molar-refractivity contribution in [3.63, 3.8) is 0 Å². The van der Waals surface area contributed by atoms with Crippen LogP contribution in [0.15, 0.2) is 18.2 Å². The number of ether oxygens (including phenoxy) is 2. The van der Waals surface area contributed by atoms with E-state index in [1.165, 1.54) is 0 Å². The van der Waals surface area contributed by atoms with Gasteiger partial charge in [-0.3, -0.25) is 9.69 Å². The summed E-state index contributed by atoms with van der Waals surface area (Å²) in [6.45, 7) is 7.05.